The molecule has 5 nitrogen and oxygen atoms in total. The molecule has 0 heterocycles. The summed E-state index contributed by atoms with van der Waals surface area (Å²) in [6, 6.07) is 5.02. The Morgan fingerprint density at radius 3 is 2.35 bits per heavy atom. The summed E-state index contributed by atoms with van der Waals surface area (Å²) in [7, 11) is 0. The van der Waals surface area contributed by atoms with Crippen LogP contribution in [-0.2, 0) is 17.5 Å². The molecule has 26 heavy (non-hydrogen) atoms. The summed E-state index contributed by atoms with van der Waals surface area (Å²) in [5.41, 5.74) is -0.611. The first-order valence-corrected chi connectivity index (χ1v) is 8.00. The topological polar surface area (TPSA) is 65.5 Å². The molecule has 0 fully saturated rings. The monoisotopic (exact) mass is 486 g/mol. The Morgan fingerprint density at radius 2 is 1.81 bits per heavy atom. The van der Waals surface area contributed by atoms with E-state index in [1.54, 1.807) is 6.07 Å². The number of aliphatic imine (C=N–C) groups is 1. The van der Waals surface area contributed by atoms with E-state index in [0.29, 0.717) is 18.1 Å². The fourth-order valence-corrected chi connectivity index (χ4v) is 1.98. The SMILES string of the molecule is CCNC(=NCc1cccc(C(F)(F)F)c1)NCC(=O)NC(C)(C)C.I. The van der Waals surface area contributed by atoms with Gasteiger partial charge in [0.1, 0.15) is 0 Å². The van der Waals surface area contributed by atoms with Gasteiger partial charge in [-0.1, -0.05) is 12.1 Å². The number of guanidine groups is 1. The number of hydrogen-bond acceptors (Lipinski definition) is 2. The quantitative estimate of drug-likeness (QED) is 0.340. The molecule has 0 unspecified atom stereocenters. The second-order valence-corrected chi connectivity index (χ2v) is 6.55. The third-order valence-corrected chi connectivity index (χ3v) is 2.95. The van der Waals surface area contributed by atoms with Crippen LogP contribution in [0.4, 0.5) is 13.2 Å². The van der Waals surface area contributed by atoms with Crippen LogP contribution in [0.2, 0.25) is 0 Å². The molecule has 0 saturated heterocycles. The van der Waals surface area contributed by atoms with Crippen LogP contribution in [0.25, 0.3) is 0 Å². The van der Waals surface area contributed by atoms with Gasteiger partial charge < -0.3 is 16.0 Å². The molecule has 0 atom stereocenters. The third kappa shape index (κ3) is 9.83. The fraction of sp³-hybridized carbons (Fsp3) is 0.529. The van der Waals surface area contributed by atoms with Gasteiger partial charge >= 0.3 is 6.18 Å². The van der Waals surface area contributed by atoms with Crippen LogP contribution in [0, 0.1) is 0 Å². The van der Waals surface area contributed by atoms with E-state index in [1.807, 2.05) is 27.7 Å². The van der Waals surface area contributed by atoms with Crippen molar-refractivity contribution in [2.45, 2.75) is 46.0 Å². The zero-order valence-corrected chi connectivity index (χ0v) is 17.7. The molecule has 0 saturated carbocycles. The molecule has 1 aromatic rings. The predicted octanol–water partition coefficient (Wildman–Crippen LogP) is 3.29. The molecular weight excluding hydrogens is 460 g/mol. The first-order chi connectivity index (χ1) is 11.5. The Balaban J connectivity index is 0.00000625. The van der Waals surface area contributed by atoms with Crippen LogP contribution >= 0.6 is 24.0 Å². The fourth-order valence-electron chi connectivity index (χ4n) is 1.98. The van der Waals surface area contributed by atoms with Crippen LogP contribution in [0.5, 0.6) is 0 Å². The van der Waals surface area contributed by atoms with Crippen LogP contribution in [0.3, 0.4) is 0 Å². The smallest absolute Gasteiger partial charge is 0.357 e. The van der Waals surface area contributed by atoms with Gasteiger partial charge in [-0.05, 0) is 45.4 Å². The summed E-state index contributed by atoms with van der Waals surface area (Å²) in [4.78, 5) is 16.0. The number of nitrogens with zero attached hydrogens (tertiary/aromatic N) is 1. The van der Waals surface area contributed by atoms with Crippen LogP contribution in [0.1, 0.15) is 38.8 Å². The number of halogens is 4. The summed E-state index contributed by atoms with van der Waals surface area (Å²) in [6.45, 7) is 8.13. The summed E-state index contributed by atoms with van der Waals surface area (Å²) in [5, 5.41) is 8.62. The van der Waals surface area contributed by atoms with Gasteiger partial charge in [0.05, 0.1) is 18.7 Å². The van der Waals surface area contributed by atoms with Gasteiger partial charge in [-0.15, -0.1) is 24.0 Å². The number of alkyl halides is 3. The molecule has 3 N–H and O–H groups in total. The van der Waals surface area contributed by atoms with Gasteiger partial charge in [0.25, 0.3) is 0 Å². The highest BCUT2D eigenvalue weighted by Gasteiger charge is 2.30. The lowest BCUT2D eigenvalue weighted by atomic mass is 10.1. The van der Waals surface area contributed by atoms with Crippen molar-refractivity contribution in [1.29, 1.82) is 0 Å². The molecule has 0 aliphatic carbocycles. The van der Waals surface area contributed by atoms with E-state index in [0.717, 1.165) is 12.1 Å². The van der Waals surface area contributed by atoms with Crippen molar-refractivity contribution in [2.75, 3.05) is 13.1 Å². The van der Waals surface area contributed by atoms with Crippen molar-refractivity contribution in [3.8, 4) is 0 Å². The first-order valence-electron chi connectivity index (χ1n) is 8.00. The van der Waals surface area contributed by atoms with Gasteiger partial charge in [0.2, 0.25) is 5.91 Å². The number of benzene rings is 1. The highest BCUT2D eigenvalue weighted by molar-refractivity contribution is 14.0. The Labute approximate surface area is 169 Å². The van der Waals surface area contributed by atoms with E-state index in [2.05, 4.69) is 20.9 Å². The lowest BCUT2D eigenvalue weighted by Crippen LogP contribution is -2.48. The van der Waals surface area contributed by atoms with Gasteiger partial charge in [0.15, 0.2) is 5.96 Å². The number of carbonyl (C=O) groups excluding carboxylic acids is 1. The standard InChI is InChI=1S/C17H25F3N4O.HI/c1-5-21-15(23-11-14(25)24-16(2,3)4)22-10-12-7-6-8-13(9-12)17(18,19)20;/h6-9H,5,10-11H2,1-4H3,(H,24,25)(H2,21,22,23);1H. The number of hydrogen-bond donors (Lipinski definition) is 3. The van der Waals surface area contributed by atoms with E-state index >= 15 is 0 Å². The van der Waals surface area contributed by atoms with E-state index < -0.39 is 11.7 Å². The maximum atomic E-state index is 12.7. The zero-order valence-electron chi connectivity index (χ0n) is 15.3. The summed E-state index contributed by atoms with van der Waals surface area (Å²) >= 11 is 0. The van der Waals surface area contributed by atoms with Crippen molar-refractivity contribution >= 4 is 35.8 Å². The highest BCUT2D eigenvalue weighted by atomic mass is 127. The van der Waals surface area contributed by atoms with Crippen molar-refractivity contribution in [3.05, 3.63) is 35.4 Å². The van der Waals surface area contributed by atoms with E-state index in [9.17, 15) is 18.0 Å². The number of nitrogens with one attached hydrogen (secondary N) is 3. The van der Waals surface area contributed by atoms with Crippen LogP contribution < -0.4 is 16.0 Å². The Morgan fingerprint density at radius 1 is 1.15 bits per heavy atom. The van der Waals surface area contributed by atoms with E-state index in [1.165, 1.54) is 6.07 Å². The minimum atomic E-state index is -4.38. The van der Waals surface area contributed by atoms with Gasteiger partial charge in [-0.2, -0.15) is 13.2 Å². The Hall–Kier alpha value is -1.52. The average molecular weight is 486 g/mol. The van der Waals surface area contributed by atoms with Crippen LogP contribution in [-0.4, -0.2) is 30.5 Å². The number of amides is 1. The number of rotatable bonds is 5. The largest absolute Gasteiger partial charge is 0.416 e. The molecule has 0 aliphatic rings. The summed E-state index contributed by atoms with van der Waals surface area (Å²) in [5.74, 6) is 0.168. The van der Waals surface area contributed by atoms with Gasteiger partial charge in [0, 0.05) is 12.1 Å². The first kappa shape index (κ1) is 24.5. The third-order valence-electron chi connectivity index (χ3n) is 2.95. The van der Waals surface area contributed by atoms with E-state index in [4.69, 9.17) is 0 Å². The average Bonchev–Trinajstić information content (AvgIpc) is 2.48. The maximum Gasteiger partial charge on any atom is 0.416 e. The Kier molecular flexibility index (Phi) is 9.97. The molecule has 0 spiro atoms. The highest BCUT2D eigenvalue weighted by Crippen LogP contribution is 2.29. The van der Waals surface area contributed by atoms with Crippen molar-refractivity contribution in [2.24, 2.45) is 4.99 Å². The van der Waals surface area contributed by atoms with Gasteiger partial charge in [-0.25, -0.2) is 4.99 Å². The second kappa shape index (κ2) is 10.6. The molecule has 0 radical (unpaired) electrons. The second-order valence-electron chi connectivity index (χ2n) is 6.55. The lowest BCUT2D eigenvalue weighted by Gasteiger charge is -2.21. The number of carbonyl (C=O) groups is 1. The van der Waals surface area contributed by atoms with Gasteiger partial charge in [-0.3, -0.25) is 4.79 Å². The summed E-state index contributed by atoms with van der Waals surface area (Å²) < 4.78 is 38.2. The minimum absolute atomic E-state index is 0. The molecule has 148 valence electrons. The van der Waals surface area contributed by atoms with Crippen molar-refractivity contribution < 1.29 is 18.0 Å². The zero-order chi connectivity index (χ0) is 19.1. The maximum absolute atomic E-state index is 12.7. The van der Waals surface area contributed by atoms with Crippen LogP contribution in [0.15, 0.2) is 29.3 Å². The normalized spacial score (nSPS) is 12.2. The minimum Gasteiger partial charge on any atom is -0.357 e. The molecule has 0 aromatic heterocycles. The molecule has 1 rings (SSSR count). The molecule has 1 amide bonds. The summed E-state index contributed by atoms with van der Waals surface area (Å²) in [6.07, 6.45) is -4.38. The molecule has 0 bridgehead atoms. The molecule has 1 aromatic carbocycles. The Bertz CT molecular complexity index is 613. The molecule has 0 aliphatic heterocycles. The predicted molar refractivity (Wildman–Crippen MR) is 108 cm³/mol. The molecule has 9 heteroatoms. The van der Waals surface area contributed by atoms with Crippen molar-refractivity contribution in [3.63, 3.8) is 0 Å². The van der Waals surface area contributed by atoms with E-state index in [-0.39, 0.29) is 48.5 Å². The molecular formula is C17H26F3IN4O. The van der Waals surface area contributed by atoms with Crippen molar-refractivity contribution in [1.82, 2.24) is 16.0 Å². The lowest BCUT2D eigenvalue weighted by molar-refractivity contribution is -0.137.